The fourth-order valence-corrected chi connectivity index (χ4v) is 4.07. The van der Waals surface area contributed by atoms with Gasteiger partial charge in [0, 0.05) is 18.7 Å². The fraction of sp³-hybridized carbons (Fsp3) is 0.385. The highest BCUT2D eigenvalue weighted by Gasteiger charge is 2.46. The average molecular weight is 469 g/mol. The predicted octanol–water partition coefficient (Wildman–Crippen LogP) is 3.39. The lowest BCUT2D eigenvalue weighted by molar-refractivity contribution is -0.140. The van der Waals surface area contributed by atoms with Crippen LogP contribution in [-0.4, -0.2) is 74.6 Å². The van der Waals surface area contributed by atoms with E-state index in [0.717, 1.165) is 5.56 Å². The Hall–Kier alpha value is -3.52. The average Bonchev–Trinajstić information content (AvgIpc) is 3.07. The molecule has 0 unspecified atom stereocenters. The Balaban J connectivity index is 2.20. The van der Waals surface area contributed by atoms with E-state index in [0.29, 0.717) is 48.1 Å². The summed E-state index contributed by atoms with van der Waals surface area (Å²) in [5.74, 6) is 0.0944. The van der Waals surface area contributed by atoms with Crippen LogP contribution in [0, 0.1) is 6.92 Å². The molecule has 1 N–H and O–H groups in total. The Morgan fingerprint density at radius 1 is 1.06 bits per heavy atom. The quantitative estimate of drug-likeness (QED) is 0.343. The fourth-order valence-electron chi connectivity index (χ4n) is 4.07. The molecule has 0 radical (unpaired) electrons. The number of benzene rings is 2. The summed E-state index contributed by atoms with van der Waals surface area (Å²) in [4.78, 5) is 29.7. The van der Waals surface area contributed by atoms with Gasteiger partial charge in [0.15, 0.2) is 11.5 Å². The molecule has 2 aromatic rings. The number of hydrogen-bond donors (Lipinski definition) is 1. The molecular weight excluding hydrogens is 436 g/mol. The second-order valence-corrected chi connectivity index (χ2v) is 8.32. The van der Waals surface area contributed by atoms with E-state index in [1.807, 2.05) is 32.8 Å². The first-order valence-corrected chi connectivity index (χ1v) is 11.1. The zero-order chi connectivity index (χ0) is 25.0. The van der Waals surface area contributed by atoms with Gasteiger partial charge in [-0.3, -0.25) is 9.59 Å². The molecule has 0 saturated carbocycles. The lowest BCUT2D eigenvalue weighted by Crippen LogP contribution is -2.35. The van der Waals surface area contributed by atoms with Gasteiger partial charge < -0.3 is 29.1 Å². The van der Waals surface area contributed by atoms with E-state index in [9.17, 15) is 14.7 Å². The van der Waals surface area contributed by atoms with Crippen LogP contribution in [0.4, 0.5) is 0 Å². The smallest absolute Gasteiger partial charge is 0.295 e. The molecule has 1 atom stereocenters. The molecule has 1 fully saturated rings. The maximum Gasteiger partial charge on any atom is 0.295 e. The monoisotopic (exact) mass is 468 g/mol. The lowest BCUT2D eigenvalue weighted by atomic mass is 9.93. The van der Waals surface area contributed by atoms with Crippen LogP contribution in [0.15, 0.2) is 42.0 Å². The Morgan fingerprint density at radius 3 is 2.38 bits per heavy atom. The van der Waals surface area contributed by atoms with Crippen molar-refractivity contribution >= 4 is 17.4 Å². The second kappa shape index (κ2) is 10.6. The number of amides is 1. The minimum absolute atomic E-state index is 0.0447. The topological polar surface area (TPSA) is 88.5 Å². The summed E-state index contributed by atoms with van der Waals surface area (Å²) in [5.41, 5.74) is 1.88. The van der Waals surface area contributed by atoms with Crippen LogP contribution in [0.1, 0.15) is 29.7 Å². The highest BCUT2D eigenvalue weighted by molar-refractivity contribution is 6.46. The first kappa shape index (κ1) is 25.1. The summed E-state index contributed by atoms with van der Waals surface area (Å²) in [6, 6.07) is 9.69. The van der Waals surface area contributed by atoms with Crippen molar-refractivity contribution in [2.75, 3.05) is 48.0 Å². The number of Topliss-reactive ketones (excluding diaryl/α,β-unsaturated/α-hetero) is 1. The molecule has 1 amide bonds. The normalized spacial score (nSPS) is 17.4. The molecule has 2 aromatic carbocycles. The molecule has 1 heterocycles. The molecule has 1 aliphatic rings. The van der Waals surface area contributed by atoms with E-state index < -0.39 is 17.7 Å². The van der Waals surface area contributed by atoms with Crippen LogP contribution in [0.2, 0.25) is 0 Å². The minimum Gasteiger partial charge on any atom is -0.507 e. The summed E-state index contributed by atoms with van der Waals surface area (Å²) in [6.45, 7) is 5.03. The standard InChI is InChI=1S/C26H32N2O6/c1-7-34-20-11-8-17(15-21(20)33-6)23-22(25(30)26(31)28(23)13-12-27(3)4)24(29)19-10-9-18(32-5)14-16(19)2/h8-11,14-15,23,29H,7,12-13H2,1-6H3/b24-22+/t23-/m0/s1. The largest absolute Gasteiger partial charge is 0.507 e. The van der Waals surface area contributed by atoms with E-state index >= 15 is 0 Å². The van der Waals surface area contributed by atoms with E-state index in [1.54, 1.807) is 43.5 Å². The molecule has 182 valence electrons. The van der Waals surface area contributed by atoms with Crippen molar-refractivity contribution in [1.29, 1.82) is 0 Å². The minimum atomic E-state index is -0.772. The van der Waals surface area contributed by atoms with Gasteiger partial charge in [-0.1, -0.05) is 6.07 Å². The van der Waals surface area contributed by atoms with Crippen molar-refractivity contribution in [3.05, 3.63) is 58.7 Å². The van der Waals surface area contributed by atoms with E-state index in [-0.39, 0.29) is 11.3 Å². The van der Waals surface area contributed by atoms with Gasteiger partial charge in [0.05, 0.1) is 32.4 Å². The van der Waals surface area contributed by atoms with E-state index in [2.05, 4.69) is 0 Å². The number of rotatable bonds is 9. The molecule has 0 bridgehead atoms. The molecule has 1 aliphatic heterocycles. The molecule has 34 heavy (non-hydrogen) atoms. The Bertz CT molecular complexity index is 1110. The second-order valence-electron chi connectivity index (χ2n) is 8.32. The third kappa shape index (κ3) is 4.87. The highest BCUT2D eigenvalue weighted by Crippen LogP contribution is 2.42. The summed E-state index contributed by atoms with van der Waals surface area (Å²) in [7, 11) is 6.88. The Morgan fingerprint density at radius 2 is 1.79 bits per heavy atom. The molecule has 0 spiro atoms. The predicted molar refractivity (Wildman–Crippen MR) is 129 cm³/mol. The van der Waals surface area contributed by atoms with Gasteiger partial charge in [-0.15, -0.1) is 0 Å². The van der Waals surface area contributed by atoms with Crippen molar-refractivity contribution in [3.8, 4) is 17.2 Å². The molecule has 3 rings (SSSR count). The van der Waals surface area contributed by atoms with Gasteiger partial charge in [0.1, 0.15) is 11.5 Å². The van der Waals surface area contributed by atoms with Gasteiger partial charge in [0.2, 0.25) is 0 Å². The summed E-state index contributed by atoms with van der Waals surface area (Å²) >= 11 is 0. The number of likely N-dealkylation sites (tertiary alicyclic amines) is 1. The summed E-state index contributed by atoms with van der Waals surface area (Å²) in [5, 5.41) is 11.3. The molecule has 8 nitrogen and oxygen atoms in total. The number of carbonyl (C=O) groups is 2. The molecule has 1 saturated heterocycles. The first-order chi connectivity index (χ1) is 16.2. The number of likely N-dealkylation sites (N-methyl/N-ethyl adjacent to an activating group) is 1. The third-order valence-electron chi connectivity index (χ3n) is 5.82. The van der Waals surface area contributed by atoms with Crippen molar-refractivity contribution < 1.29 is 28.9 Å². The van der Waals surface area contributed by atoms with Gasteiger partial charge in [0.25, 0.3) is 11.7 Å². The SMILES string of the molecule is CCOc1ccc([C@H]2/C(=C(\O)c3ccc(OC)cc3C)C(=O)C(=O)N2CCN(C)C)cc1OC. The Kier molecular flexibility index (Phi) is 7.83. The number of methoxy groups -OCH3 is 2. The maximum absolute atomic E-state index is 13.2. The molecule has 8 heteroatoms. The molecular formula is C26H32N2O6. The van der Waals surface area contributed by atoms with Gasteiger partial charge in [-0.2, -0.15) is 0 Å². The number of ketones is 1. The number of hydrogen-bond acceptors (Lipinski definition) is 7. The van der Waals surface area contributed by atoms with Crippen LogP contribution in [0.25, 0.3) is 5.76 Å². The van der Waals surface area contributed by atoms with Crippen LogP contribution < -0.4 is 14.2 Å². The van der Waals surface area contributed by atoms with Crippen molar-refractivity contribution in [3.63, 3.8) is 0 Å². The number of aliphatic hydroxyl groups is 1. The Labute approximate surface area is 200 Å². The lowest BCUT2D eigenvalue weighted by Gasteiger charge is -2.27. The highest BCUT2D eigenvalue weighted by atomic mass is 16.5. The molecule has 0 aliphatic carbocycles. The number of aliphatic hydroxyl groups excluding tert-OH is 1. The van der Waals surface area contributed by atoms with Crippen molar-refractivity contribution in [2.24, 2.45) is 0 Å². The van der Waals surface area contributed by atoms with Crippen molar-refractivity contribution in [2.45, 2.75) is 19.9 Å². The third-order valence-corrected chi connectivity index (χ3v) is 5.82. The number of carbonyl (C=O) groups excluding carboxylic acids is 2. The van der Waals surface area contributed by atoms with Crippen LogP contribution in [-0.2, 0) is 9.59 Å². The van der Waals surface area contributed by atoms with Crippen LogP contribution in [0.3, 0.4) is 0 Å². The van der Waals surface area contributed by atoms with Gasteiger partial charge >= 0.3 is 0 Å². The zero-order valence-electron chi connectivity index (χ0n) is 20.5. The summed E-state index contributed by atoms with van der Waals surface area (Å²) in [6.07, 6.45) is 0. The summed E-state index contributed by atoms with van der Waals surface area (Å²) < 4.78 is 16.4. The van der Waals surface area contributed by atoms with Gasteiger partial charge in [-0.05, 0) is 69.4 Å². The first-order valence-electron chi connectivity index (χ1n) is 11.1. The van der Waals surface area contributed by atoms with Crippen molar-refractivity contribution in [1.82, 2.24) is 9.80 Å². The van der Waals surface area contributed by atoms with E-state index in [4.69, 9.17) is 14.2 Å². The van der Waals surface area contributed by atoms with E-state index in [1.165, 1.54) is 12.0 Å². The van der Waals surface area contributed by atoms with Gasteiger partial charge in [-0.25, -0.2) is 0 Å². The van der Waals surface area contributed by atoms with Crippen LogP contribution >= 0.6 is 0 Å². The maximum atomic E-state index is 13.2. The number of nitrogens with zero attached hydrogens (tertiary/aromatic N) is 2. The number of ether oxygens (including phenoxy) is 3. The van der Waals surface area contributed by atoms with Crippen LogP contribution in [0.5, 0.6) is 17.2 Å². The number of aryl methyl sites for hydroxylation is 1. The zero-order valence-corrected chi connectivity index (χ0v) is 20.5. The molecule has 0 aromatic heterocycles.